The van der Waals surface area contributed by atoms with E-state index in [1.165, 1.54) is 0 Å². The molecule has 4 heterocycles. The Bertz CT molecular complexity index is 988. The molecule has 1 saturated heterocycles. The van der Waals surface area contributed by atoms with Gasteiger partial charge in [-0.1, -0.05) is 6.07 Å². The predicted molar refractivity (Wildman–Crippen MR) is 103 cm³/mol. The van der Waals surface area contributed by atoms with E-state index in [9.17, 15) is 4.79 Å². The van der Waals surface area contributed by atoms with E-state index in [4.69, 9.17) is 13.9 Å². The lowest BCUT2D eigenvalue weighted by atomic mass is 9.98. The topological polar surface area (TPSA) is 89.7 Å². The molecule has 0 saturated carbocycles. The molecular formula is C19H18N4O4S. The highest BCUT2D eigenvalue weighted by Crippen LogP contribution is 2.35. The van der Waals surface area contributed by atoms with Gasteiger partial charge >= 0.3 is 6.03 Å². The SMILES string of the molecule is O=C(Nc1ccc2c(c1)OCO2)N1CCC[C@H](c2nnc(-c3cccs3)o2)C1. The maximum absolute atomic E-state index is 12.7. The van der Waals surface area contributed by atoms with Crippen molar-refractivity contribution in [2.45, 2.75) is 18.8 Å². The van der Waals surface area contributed by atoms with Crippen molar-refractivity contribution >= 4 is 23.1 Å². The molecule has 1 aromatic carbocycles. The zero-order chi connectivity index (χ0) is 18.9. The van der Waals surface area contributed by atoms with Gasteiger partial charge in [-0.3, -0.25) is 0 Å². The highest BCUT2D eigenvalue weighted by molar-refractivity contribution is 7.13. The lowest BCUT2D eigenvalue weighted by molar-refractivity contribution is 0.174. The third kappa shape index (κ3) is 3.29. The molecule has 9 heteroatoms. The third-order valence-electron chi connectivity index (χ3n) is 4.85. The van der Waals surface area contributed by atoms with Crippen LogP contribution < -0.4 is 14.8 Å². The summed E-state index contributed by atoms with van der Waals surface area (Å²) < 4.78 is 16.5. The largest absolute Gasteiger partial charge is 0.454 e. The van der Waals surface area contributed by atoms with Gasteiger partial charge < -0.3 is 24.1 Å². The van der Waals surface area contributed by atoms with Crippen molar-refractivity contribution < 1.29 is 18.7 Å². The number of thiophene rings is 1. The van der Waals surface area contributed by atoms with Gasteiger partial charge in [0.25, 0.3) is 5.89 Å². The number of hydrogen-bond acceptors (Lipinski definition) is 7. The number of nitrogens with zero attached hydrogens (tertiary/aromatic N) is 3. The Labute approximate surface area is 165 Å². The molecule has 0 radical (unpaired) electrons. The van der Waals surface area contributed by atoms with E-state index in [0.29, 0.717) is 42.1 Å². The number of carbonyl (C=O) groups excluding carboxylic acids is 1. The van der Waals surface area contributed by atoms with Crippen LogP contribution in [0.15, 0.2) is 40.1 Å². The van der Waals surface area contributed by atoms with Gasteiger partial charge in [-0.25, -0.2) is 4.79 Å². The lowest BCUT2D eigenvalue weighted by Crippen LogP contribution is -2.41. The first kappa shape index (κ1) is 17.1. The van der Waals surface area contributed by atoms with Crippen molar-refractivity contribution in [1.29, 1.82) is 0 Å². The first-order valence-corrected chi connectivity index (χ1v) is 9.97. The first-order valence-electron chi connectivity index (χ1n) is 9.09. The fraction of sp³-hybridized carbons (Fsp3) is 0.316. The molecule has 144 valence electrons. The molecule has 1 atom stereocenters. The number of fused-ring (bicyclic) bond motifs is 1. The zero-order valence-corrected chi connectivity index (χ0v) is 15.8. The van der Waals surface area contributed by atoms with E-state index in [1.54, 1.807) is 34.4 Å². The van der Waals surface area contributed by atoms with Crippen molar-refractivity contribution in [2.75, 3.05) is 25.2 Å². The average molecular weight is 398 g/mol. The summed E-state index contributed by atoms with van der Waals surface area (Å²) in [5.41, 5.74) is 0.675. The molecule has 0 unspecified atom stereocenters. The van der Waals surface area contributed by atoms with Gasteiger partial charge in [-0.2, -0.15) is 0 Å². The van der Waals surface area contributed by atoms with Gasteiger partial charge in [0.1, 0.15) is 0 Å². The fourth-order valence-corrected chi connectivity index (χ4v) is 4.08. The van der Waals surface area contributed by atoms with Crippen molar-refractivity contribution in [3.8, 4) is 22.3 Å². The molecule has 2 aromatic heterocycles. The second kappa shape index (κ2) is 7.16. The van der Waals surface area contributed by atoms with Gasteiger partial charge in [0.15, 0.2) is 11.5 Å². The summed E-state index contributed by atoms with van der Waals surface area (Å²) in [6.45, 7) is 1.44. The Morgan fingerprint density at radius 2 is 2.14 bits per heavy atom. The van der Waals surface area contributed by atoms with E-state index in [1.807, 2.05) is 17.5 Å². The smallest absolute Gasteiger partial charge is 0.321 e. The Morgan fingerprint density at radius 3 is 3.04 bits per heavy atom. The number of carbonyl (C=O) groups is 1. The maximum atomic E-state index is 12.7. The summed E-state index contributed by atoms with van der Waals surface area (Å²) >= 11 is 1.56. The van der Waals surface area contributed by atoms with Gasteiger partial charge in [-0.15, -0.1) is 21.5 Å². The van der Waals surface area contributed by atoms with Crippen molar-refractivity contribution in [3.05, 3.63) is 41.6 Å². The number of amides is 2. The second-order valence-electron chi connectivity index (χ2n) is 6.71. The molecule has 2 aliphatic heterocycles. The van der Waals surface area contributed by atoms with Crippen LogP contribution in [0.1, 0.15) is 24.7 Å². The number of rotatable bonds is 3. The Hall–Kier alpha value is -3.07. The highest BCUT2D eigenvalue weighted by Gasteiger charge is 2.29. The fourth-order valence-electron chi connectivity index (χ4n) is 3.44. The van der Waals surface area contributed by atoms with Crippen LogP contribution in [0.4, 0.5) is 10.5 Å². The minimum absolute atomic E-state index is 0.0393. The normalized spacial score (nSPS) is 18.3. The molecule has 5 rings (SSSR count). The summed E-state index contributed by atoms with van der Waals surface area (Å²) in [5, 5.41) is 13.3. The number of nitrogens with one attached hydrogen (secondary N) is 1. The quantitative estimate of drug-likeness (QED) is 0.719. The summed E-state index contributed by atoms with van der Waals surface area (Å²) in [7, 11) is 0. The summed E-state index contributed by atoms with van der Waals surface area (Å²) in [6, 6.07) is 9.12. The molecule has 3 aromatic rings. The maximum Gasteiger partial charge on any atom is 0.321 e. The molecule has 0 bridgehead atoms. The van der Waals surface area contributed by atoms with E-state index < -0.39 is 0 Å². The molecule has 28 heavy (non-hydrogen) atoms. The van der Waals surface area contributed by atoms with Crippen LogP contribution in [0, 0.1) is 0 Å². The average Bonchev–Trinajstić information content (AvgIpc) is 3.48. The molecule has 2 aliphatic rings. The number of piperidine rings is 1. The van der Waals surface area contributed by atoms with Crippen LogP contribution in [0.2, 0.25) is 0 Å². The van der Waals surface area contributed by atoms with E-state index in [-0.39, 0.29) is 18.7 Å². The second-order valence-corrected chi connectivity index (χ2v) is 7.65. The number of anilines is 1. The van der Waals surface area contributed by atoms with Crippen molar-refractivity contribution in [3.63, 3.8) is 0 Å². The molecule has 0 spiro atoms. The lowest BCUT2D eigenvalue weighted by Gasteiger charge is -2.31. The minimum atomic E-state index is -0.151. The number of ether oxygens (including phenoxy) is 2. The Kier molecular flexibility index (Phi) is 4.36. The van der Waals surface area contributed by atoms with Crippen LogP contribution in [-0.4, -0.2) is 41.0 Å². The summed E-state index contributed by atoms with van der Waals surface area (Å²) in [4.78, 5) is 15.5. The zero-order valence-electron chi connectivity index (χ0n) is 15.0. The molecule has 8 nitrogen and oxygen atoms in total. The number of urea groups is 1. The van der Waals surface area contributed by atoms with Gasteiger partial charge in [0.2, 0.25) is 12.7 Å². The summed E-state index contributed by atoms with van der Waals surface area (Å²) in [5.74, 6) is 2.49. The Balaban J connectivity index is 1.26. The standard InChI is InChI=1S/C19H18N4O4S/c24-19(20-13-5-6-14-15(9-13)26-11-25-14)23-7-1-3-12(10-23)17-21-22-18(27-17)16-4-2-8-28-16/h2,4-6,8-9,12H,1,3,7,10-11H2,(H,20,24)/t12-/m0/s1. The van der Waals surface area contributed by atoms with Crippen molar-refractivity contribution in [1.82, 2.24) is 15.1 Å². The summed E-state index contributed by atoms with van der Waals surface area (Å²) in [6.07, 6.45) is 1.80. The van der Waals surface area contributed by atoms with Crippen molar-refractivity contribution in [2.24, 2.45) is 0 Å². The number of likely N-dealkylation sites (tertiary alicyclic amines) is 1. The third-order valence-corrected chi connectivity index (χ3v) is 5.71. The molecule has 1 N–H and O–H groups in total. The number of aromatic nitrogens is 2. The van der Waals surface area contributed by atoms with Crippen LogP contribution in [-0.2, 0) is 0 Å². The van der Waals surface area contributed by atoms with Crippen LogP contribution in [0.3, 0.4) is 0 Å². The number of benzene rings is 1. The first-order chi connectivity index (χ1) is 13.8. The van der Waals surface area contributed by atoms with Crippen LogP contribution >= 0.6 is 11.3 Å². The molecule has 0 aliphatic carbocycles. The van der Waals surface area contributed by atoms with Crippen LogP contribution in [0.5, 0.6) is 11.5 Å². The van der Waals surface area contributed by atoms with Crippen LogP contribution in [0.25, 0.3) is 10.8 Å². The minimum Gasteiger partial charge on any atom is -0.454 e. The molecular weight excluding hydrogens is 380 g/mol. The van der Waals surface area contributed by atoms with Gasteiger partial charge in [-0.05, 0) is 36.4 Å². The van der Waals surface area contributed by atoms with E-state index in [2.05, 4.69) is 15.5 Å². The predicted octanol–water partition coefficient (Wildman–Crippen LogP) is 3.94. The van der Waals surface area contributed by atoms with E-state index in [0.717, 1.165) is 17.7 Å². The van der Waals surface area contributed by atoms with Gasteiger partial charge in [0, 0.05) is 24.8 Å². The Morgan fingerprint density at radius 1 is 1.21 bits per heavy atom. The molecule has 1 fully saturated rings. The number of hydrogen-bond donors (Lipinski definition) is 1. The monoisotopic (exact) mass is 398 g/mol. The van der Waals surface area contributed by atoms with E-state index >= 15 is 0 Å². The molecule has 2 amide bonds. The van der Waals surface area contributed by atoms with Gasteiger partial charge in [0.05, 0.1) is 10.8 Å². The highest BCUT2D eigenvalue weighted by atomic mass is 32.1.